The Morgan fingerprint density at radius 3 is 2.90 bits per heavy atom. The molecule has 0 fully saturated rings. The largest absolute Gasteiger partial charge is 0.383 e. The van der Waals surface area contributed by atoms with Crippen molar-refractivity contribution in [2.75, 3.05) is 39.9 Å². The third-order valence-electron chi connectivity index (χ3n) is 4.99. The topological polar surface area (TPSA) is 134 Å². The Hall–Kier alpha value is -3.73. The molecule has 2 aliphatic rings. The molecular formula is C20H23N5O6. The van der Waals surface area contributed by atoms with E-state index in [-0.39, 0.29) is 36.8 Å². The lowest BCUT2D eigenvalue weighted by Gasteiger charge is -2.32. The lowest BCUT2D eigenvalue weighted by atomic mass is 9.95. The van der Waals surface area contributed by atoms with Crippen molar-refractivity contribution in [1.29, 1.82) is 0 Å². The fourth-order valence-electron chi connectivity index (χ4n) is 3.59. The highest BCUT2D eigenvalue weighted by atomic mass is 16.6. The maximum Gasteiger partial charge on any atom is 0.322 e. The van der Waals surface area contributed by atoms with Crippen LogP contribution in [0.15, 0.2) is 48.2 Å². The predicted octanol–water partition coefficient (Wildman–Crippen LogP) is 0.706. The standard InChI is InChI=1S/C20H23N5O6/c1-3-8-24-15-11-23(12-16(26)21-7-9-31-2)19(27)17(15)18(22-20(24)28)13-5-4-6-14(10-13)25(29)30/h3-6,10,18H,1,7-9,11-12H2,2H3,(H,21,26)(H,22,28)/t18-/m1/s1. The van der Waals surface area contributed by atoms with Gasteiger partial charge in [0, 0.05) is 32.3 Å². The van der Waals surface area contributed by atoms with Gasteiger partial charge < -0.3 is 20.3 Å². The number of nitrogens with one attached hydrogen (secondary N) is 2. The summed E-state index contributed by atoms with van der Waals surface area (Å²) in [7, 11) is 1.51. The summed E-state index contributed by atoms with van der Waals surface area (Å²) in [5, 5.41) is 16.6. The quantitative estimate of drug-likeness (QED) is 0.257. The number of hydrogen-bond acceptors (Lipinski definition) is 6. The van der Waals surface area contributed by atoms with Crippen molar-refractivity contribution in [2.45, 2.75) is 6.04 Å². The lowest BCUT2D eigenvalue weighted by Crippen LogP contribution is -2.47. The van der Waals surface area contributed by atoms with Crippen molar-refractivity contribution in [2.24, 2.45) is 0 Å². The van der Waals surface area contributed by atoms with Crippen molar-refractivity contribution in [3.05, 3.63) is 63.9 Å². The molecule has 164 valence electrons. The summed E-state index contributed by atoms with van der Waals surface area (Å²) in [4.78, 5) is 51.5. The minimum Gasteiger partial charge on any atom is -0.383 e. The van der Waals surface area contributed by atoms with Crippen LogP contribution >= 0.6 is 0 Å². The second kappa shape index (κ2) is 9.39. The molecule has 2 aliphatic heterocycles. The van der Waals surface area contributed by atoms with E-state index in [1.165, 1.54) is 41.2 Å². The Kier molecular flexibility index (Phi) is 6.65. The zero-order chi connectivity index (χ0) is 22.5. The molecule has 11 heteroatoms. The first kappa shape index (κ1) is 22.0. The van der Waals surface area contributed by atoms with Crippen LogP contribution in [0.1, 0.15) is 11.6 Å². The molecule has 0 bridgehead atoms. The molecule has 1 aromatic rings. The molecule has 0 aromatic heterocycles. The molecule has 31 heavy (non-hydrogen) atoms. The molecule has 0 unspecified atom stereocenters. The van der Waals surface area contributed by atoms with Crippen molar-refractivity contribution in [3.63, 3.8) is 0 Å². The predicted molar refractivity (Wildman–Crippen MR) is 110 cm³/mol. The summed E-state index contributed by atoms with van der Waals surface area (Å²) in [6.07, 6.45) is 1.53. The zero-order valence-corrected chi connectivity index (χ0v) is 17.0. The van der Waals surface area contributed by atoms with Gasteiger partial charge in [-0.3, -0.25) is 24.6 Å². The van der Waals surface area contributed by atoms with Gasteiger partial charge in [0.05, 0.1) is 35.4 Å². The fourth-order valence-corrected chi connectivity index (χ4v) is 3.59. The number of nitro benzene ring substituents is 1. The fraction of sp³-hybridized carbons (Fsp3) is 0.350. The minimum absolute atomic E-state index is 0.0680. The van der Waals surface area contributed by atoms with E-state index in [1.807, 2.05) is 0 Å². The number of hydrogen-bond donors (Lipinski definition) is 2. The van der Waals surface area contributed by atoms with Crippen LogP contribution in [0.2, 0.25) is 0 Å². The van der Waals surface area contributed by atoms with Crippen molar-refractivity contribution < 1.29 is 24.0 Å². The van der Waals surface area contributed by atoms with E-state index in [0.29, 0.717) is 24.4 Å². The summed E-state index contributed by atoms with van der Waals surface area (Å²) in [5.74, 6) is -0.769. The maximum absolute atomic E-state index is 13.2. The van der Waals surface area contributed by atoms with Gasteiger partial charge in [0.1, 0.15) is 6.54 Å². The summed E-state index contributed by atoms with van der Waals surface area (Å²) in [6.45, 7) is 4.35. The van der Waals surface area contributed by atoms with E-state index in [9.17, 15) is 24.5 Å². The van der Waals surface area contributed by atoms with Gasteiger partial charge in [-0.2, -0.15) is 0 Å². The zero-order valence-electron chi connectivity index (χ0n) is 17.0. The average Bonchev–Trinajstić information content (AvgIpc) is 3.06. The Morgan fingerprint density at radius 1 is 1.45 bits per heavy atom. The molecule has 2 N–H and O–H groups in total. The van der Waals surface area contributed by atoms with Crippen LogP contribution in [-0.2, 0) is 14.3 Å². The summed E-state index contributed by atoms with van der Waals surface area (Å²) in [6, 6.07) is 4.45. The van der Waals surface area contributed by atoms with E-state index in [2.05, 4.69) is 17.2 Å². The normalized spacial score (nSPS) is 18.0. The lowest BCUT2D eigenvalue weighted by molar-refractivity contribution is -0.384. The van der Waals surface area contributed by atoms with E-state index >= 15 is 0 Å². The third-order valence-corrected chi connectivity index (χ3v) is 4.99. The minimum atomic E-state index is -0.863. The number of carbonyl (C=O) groups is 3. The maximum atomic E-state index is 13.2. The van der Waals surface area contributed by atoms with Crippen LogP contribution in [0.25, 0.3) is 0 Å². The first-order chi connectivity index (χ1) is 14.9. The van der Waals surface area contributed by atoms with Gasteiger partial charge in [-0.05, 0) is 5.56 Å². The van der Waals surface area contributed by atoms with E-state index in [4.69, 9.17) is 4.74 Å². The van der Waals surface area contributed by atoms with Crippen molar-refractivity contribution in [3.8, 4) is 0 Å². The van der Waals surface area contributed by atoms with Crippen molar-refractivity contribution in [1.82, 2.24) is 20.4 Å². The second-order valence-corrected chi connectivity index (χ2v) is 7.00. The second-order valence-electron chi connectivity index (χ2n) is 7.00. The van der Waals surface area contributed by atoms with Gasteiger partial charge in [-0.25, -0.2) is 4.79 Å². The van der Waals surface area contributed by atoms with Crippen LogP contribution in [0, 0.1) is 10.1 Å². The first-order valence-electron chi connectivity index (χ1n) is 9.58. The van der Waals surface area contributed by atoms with Crippen LogP contribution < -0.4 is 10.6 Å². The molecule has 11 nitrogen and oxygen atoms in total. The van der Waals surface area contributed by atoms with Crippen LogP contribution in [0.3, 0.4) is 0 Å². The molecule has 2 heterocycles. The SMILES string of the molecule is C=CCN1C(=O)N[C@H](c2cccc([N+](=O)[O-])c2)C2=C1CN(CC(=O)NCCOC)C2=O. The molecule has 0 spiro atoms. The molecular weight excluding hydrogens is 406 g/mol. The highest BCUT2D eigenvalue weighted by Crippen LogP contribution is 2.36. The molecule has 0 aliphatic carbocycles. The summed E-state index contributed by atoms with van der Waals surface area (Å²) < 4.78 is 4.89. The number of urea groups is 1. The summed E-state index contributed by atoms with van der Waals surface area (Å²) >= 11 is 0. The number of methoxy groups -OCH3 is 1. The number of carbonyl (C=O) groups excluding carboxylic acids is 3. The van der Waals surface area contributed by atoms with Crippen LogP contribution in [-0.4, -0.2) is 72.5 Å². The number of ether oxygens (including phenoxy) is 1. The number of nitrogens with zero attached hydrogens (tertiary/aromatic N) is 3. The number of nitro groups is 1. The average molecular weight is 429 g/mol. The number of benzene rings is 1. The molecule has 4 amide bonds. The van der Waals surface area contributed by atoms with E-state index in [1.54, 1.807) is 6.07 Å². The van der Waals surface area contributed by atoms with Gasteiger partial charge in [0.2, 0.25) is 5.91 Å². The first-order valence-corrected chi connectivity index (χ1v) is 9.58. The van der Waals surface area contributed by atoms with Gasteiger partial charge in [0.15, 0.2) is 0 Å². The van der Waals surface area contributed by atoms with E-state index in [0.717, 1.165) is 0 Å². The Balaban J connectivity index is 1.91. The number of rotatable bonds is 9. The molecule has 0 saturated carbocycles. The van der Waals surface area contributed by atoms with Gasteiger partial charge in [0.25, 0.3) is 11.6 Å². The number of amides is 4. The third kappa shape index (κ3) is 4.56. The van der Waals surface area contributed by atoms with Gasteiger partial charge in [-0.15, -0.1) is 6.58 Å². The molecule has 3 rings (SSSR count). The monoisotopic (exact) mass is 429 g/mol. The molecule has 0 saturated heterocycles. The van der Waals surface area contributed by atoms with Gasteiger partial charge >= 0.3 is 6.03 Å². The Bertz CT molecular complexity index is 959. The smallest absolute Gasteiger partial charge is 0.322 e. The molecule has 1 aromatic carbocycles. The Labute approximate surface area is 178 Å². The van der Waals surface area contributed by atoms with Crippen LogP contribution in [0.4, 0.5) is 10.5 Å². The molecule has 0 radical (unpaired) electrons. The van der Waals surface area contributed by atoms with E-state index < -0.39 is 22.9 Å². The van der Waals surface area contributed by atoms with Crippen molar-refractivity contribution >= 4 is 23.5 Å². The Morgan fingerprint density at radius 2 is 2.23 bits per heavy atom. The summed E-state index contributed by atoms with van der Waals surface area (Å²) in [5.41, 5.74) is 0.997. The van der Waals surface area contributed by atoms with Crippen LogP contribution in [0.5, 0.6) is 0 Å². The molecule has 1 atom stereocenters. The number of non-ortho nitro benzene ring substituents is 1. The highest BCUT2D eigenvalue weighted by Gasteiger charge is 2.44. The highest BCUT2D eigenvalue weighted by molar-refractivity contribution is 6.03. The van der Waals surface area contributed by atoms with Gasteiger partial charge in [-0.1, -0.05) is 18.2 Å².